The van der Waals surface area contributed by atoms with Crippen LogP contribution in [0.3, 0.4) is 0 Å². The molecule has 0 radical (unpaired) electrons. The average Bonchev–Trinajstić information content (AvgIpc) is 2.48. The minimum absolute atomic E-state index is 0.259. The molecule has 0 aliphatic carbocycles. The molecule has 1 atom stereocenters. The van der Waals surface area contributed by atoms with E-state index in [1.807, 2.05) is 6.92 Å². The van der Waals surface area contributed by atoms with Gasteiger partial charge in [-0.15, -0.1) is 0 Å². The Morgan fingerprint density at radius 2 is 1.67 bits per heavy atom. The van der Waals surface area contributed by atoms with Crippen molar-refractivity contribution in [2.75, 3.05) is 18.5 Å². The van der Waals surface area contributed by atoms with Gasteiger partial charge in [0.1, 0.15) is 0 Å². The summed E-state index contributed by atoms with van der Waals surface area (Å²) < 4.78 is 49.3. The van der Waals surface area contributed by atoms with E-state index in [1.54, 1.807) is 17.4 Å². The predicted molar refractivity (Wildman–Crippen MR) is 80.4 cm³/mol. The monoisotopic (exact) mass is 348 g/mol. The van der Waals surface area contributed by atoms with Crippen LogP contribution in [0.5, 0.6) is 0 Å². The Bertz CT molecular complexity index is 575. The minimum atomic E-state index is -5.21. The Kier molecular flexibility index (Phi) is 6.59. The Morgan fingerprint density at radius 3 is 2.12 bits per heavy atom. The van der Waals surface area contributed by atoms with Gasteiger partial charge in [-0.2, -0.15) is 13.2 Å². The van der Waals surface area contributed by atoms with Crippen LogP contribution in [-0.2, 0) is 14.3 Å². The molecular formula is C15H19F3N2O4. The molecule has 0 fully saturated rings. The second kappa shape index (κ2) is 8.00. The first-order valence-electron chi connectivity index (χ1n) is 7.20. The Labute approximate surface area is 137 Å². The van der Waals surface area contributed by atoms with Gasteiger partial charge in [0.25, 0.3) is 0 Å². The van der Waals surface area contributed by atoms with Crippen LogP contribution in [0.25, 0.3) is 0 Å². The molecule has 0 aliphatic rings. The topological polar surface area (TPSA) is 76.7 Å². The number of amides is 2. The highest BCUT2D eigenvalue weighted by molar-refractivity contribution is 5.94. The van der Waals surface area contributed by atoms with Crippen LogP contribution in [0.2, 0.25) is 0 Å². The molecule has 134 valence electrons. The molecule has 0 unspecified atom stereocenters. The number of aryl methyl sites for hydroxylation is 1. The number of carbonyl (C=O) groups is 2. The maximum atomic E-state index is 13.4. The number of alkyl halides is 3. The van der Waals surface area contributed by atoms with Gasteiger partial charge in [0, 0.05) is 12.3 Å². The lowest BCUT2D eigenvalue weighted by atomic mass is 10.2. The second-order valence-electron chi connectivity index (χ2n) is 4.78. The van der Waals surface area contributed by atoms with Gasteiger partial charge in [-0.1, -0.05) is 17.7 Å². The summed E-state index contributed by atoms with van der Waals surface area (Å²) in [7, 11) is 0. The SMILES string of the molecule is CCOC(=O)[C@](NC(=O)Nc1ccc(C)cc1)(OCC)C(F)(F)F. The molecule has 24 heavy (non-hydrogen) atoms. The third-order valence-corrected chi connectivity index (χ3v) is 2.92. The van der Waals surface area contributed by atoms with Crippen molar-refractivity contribution in [3.05, 3.63) is 29.8 Å². The largest absolute Gasteiger partial charge is 0.462 e. The molecule has 1 rings (SSSR count). The van der Waals surface area contributed by atoms with E-state index in [9.17, 15) is 22.8 Å². The molecule has 0 heterocycles. The van der Waals surface area contributed by atoms with Crippen LogP contribution in [-0.4, -0.2) is 37.1 Å². The number of halogens is 3. The molecule has 0 saturated carbocycles. The van der Waals surface area contributed by atoms with Gasteiger partial charge in [-0.25, -0.2) is 9.59 Å². The van der Waals surface area contributed by atoms with Crippen molar-refractivity contribution in [2.45, 2.75) is 32.7 Å². The van der Waals surface area contributed by atoms with Crippen molar-refractivity contribution in [3.8, 4) is 0 Å². The lowest BCUT2D eigenvalue weighted by Crippen LogP contribution is -2.67. The number of benzene rings is 1. The maximum Gasteiger partial charge on any atom is 0.448 e. The number of hydrogen-bond donors (Lipinski definition) is 2. The predicted octanol–water partition coefficient (Wildman–Crippen LogP) is 2.97. The number of esters is 1. The second-order valence-corrected chi connectivity index (χ2v) is 4.78. The summed E-state index contributed by atoms with van der Waals surface area (Å²) in [6.45, 7) is 3.65. The standard InChI is InChI=1S/C15H19F3N2O4/c1-4-23-12(21)14(24-5-2,15(16,17)18)20-13(22)19-11-8-6-10(3)7-9-11/h6-9H,4-5H2,1-3H3,(H2,19,20,22)/t14-/m0/s1. The van der Waals surface area contributed by atoms with Gasteiger partial charge >= 0.3 is 23.9 Å². The van der Waals surface area contributed by atoms with Crippen LogP contribution in [0.15, 0.2) is 24.3 Å². The third-order valence-electron chi connectivity index (χ3n) is 2.92. The van der Waals surface area contributed by atoms with Gasteiger partial charge < -0.3 is 14.8 Å². The van der Waals surface area contributed by atoms with Crippen LogP contribution >= 0.6 is 0 Å². The van der Waals surface area contributed by atoms with Crippen molar-refractivity contribution in [1.82, 2.24) is 5.32 Å². The zero-order valence-electron chi connectivity index (χ0n) is 13.5. The molecule has 2 amide bonds. The average molecular weight is 348 g/mol. The zero-order valence-corrected chi connectivity index (χ0v) is 13.5. The van der Waals surface area contributed by atoms with Crippen molar-refractivity contribution in [1.29, 1.82) is 0 Å². The summed E-state index contributed by atoms with van der Waals surface area (Å²) in [5.41, 5.74) is -2.41. The van der Waals surface area contributed by atoms with Crippen LogP contribution in [0.1, 0.15) is 19.4 Å². The van der Waals surface area contributed by atoms with Gasteiger partial charge in [0.2, 0.25) is 0 Å². The zero-order chi connectivity index (χ0) is 18.4. The van der Waals surface area contributed by atoms with Gasteiger partial charge in [0.05, 0.1) is 6.61 Å². The van der Waals surface area contributed by atoms with Crippen LogP contribution < -0.4 is 10.6 Å². The number of urea groups is 1. The van der Waals surface area contributed by atoms with E-state index < -0.39 is 30.5 Å². The molecular weight excluding hydrogens is 329 g/mol. The van der Waals surface area contributed by atoms with Gasteiger partial charge in [-0.05, 0) is 32.9 Å². The quantitative estimate of drug-likeness (QED) is 0.612. The minimum Gasteiger partial charge on any atom is -0.462 e. The van der Waals surface area contributed by atoms with E-state index >= 15 is 0 Å². The normalized spacial score (nSPS) is 13.8. The van der Waals surface area contributed by atoms with E-state index in [-0.39, 0.29) is 12.3 Å². The highest BCUT2D eigenvalue weighted by Gasteiger charge is 2.64. The number of ether oxygens (including phenoxy) is 2. The fraction of sp³-hybridized carbons (Fsp3) is 0.467. The van der Waals surface area contributed by atoms with E-state index in [1.165, 1.54) is 26.0 Å². The Hall–Kier alpha value is -2.29. The summed E-state index contributed by atoms with van der Waals surface area (Å²) in [6, 6.07) is 5.10. The first-order valence-corrected chi connectivity index (χ1v) is 7.20. The molecule has 0 spiro atoms. The summed E-state index contributed by atoms with van der Waals surface area (Å²) in [5, 5.41) is 3.76. The smallest absolute Gasteiger partial charge is 0.448 e. The van der Waals surface area contributed by atoms with E-state index in [4.69, 9.17) is 0 Å². The maximum absolute atomic E-state index is 13.4. The molecule has 0 saturated heterocycles. The Morgan fingerprint density at radius 1 is 1.08 bits per heavy atom. The molecule has 2 N–H and O–H groups in total. The van der Waals surface area contributed by atoms with Crippen LogP contribution in [0, 0.1) is 6.92 Å². The summed E-state index contributed by atoms with van der Waals surface area (Å²) >= 11 is 0. The van der Waals surface area contributed by atoms with Crippen molar-refractivity contribution in [3.63, 3.8) is 0 Å². The molecule has 0 aliphatic heterocycles. The highest BCUT2D eigenvalue weighted by atomic mass is 19.4. The first kappa shape index (κ1) is 19.8. The molecule has 6 nitrogen and oxygen atoms in total. The summed E-state index contributed by atoms with van der Waals surface area (Å²) in [6.07, 6.45) is -5.21. The molecule has 9 heteroatoms. The number of nitrogens with one attached hydrogen (secondary N) is 2. The molecule has 0 aromatic heterocycles. The fourth-order valence-electron chi connectivity index (χ4n) is 1.82. The van der Waals surface area contributed by atoms with E-state index in [0.717, 1.165) is 5.56 Å². The molecule has 1 aromatic carbocycles. The fourth-order valence-corrected chi connectivity index (χ4v) is 1.82. The van der Waals surface area contributed by atoms with Crippen molar-refractivity contribution in [2.24, 2.45) is 0 Å². The van der Waals surface area contributed by atoms with E-state index in [2.05, 4.69) is 14.8 Å². The number of anilines is 1. The van der Waals surface area contributed by atoms with Crippen molar-refractivity contribution < 1.29 is 32.2 Å². The number of rotatable bonds is 6. The number of hydrogen-bond acceptors (Lipinski definition) is 4. The Balaban J connectivity index is 3.04. The summed E-state index contributed by atoms with van der Waals surface area (Å²) in [4.78, 5) is 23.8. The molecule has 0 bridgehead atoms. The highest BCUT2D eigenvalue weighted by Crippen LogP contribution is 2.33. The first-order chi connectivity index (χ1) is 11.2. The summed E-state index contributed by atoms with van der Waals surface area (Å²) in [5.74, 6) is -1.74. The van der Waals surface area contributed by atoms with Crippen molar-refractivity contribution >= 4 is 17.7 Å². The van der Waals surface area contributed by atoms with Gasteiger partial charge in [0.15, 0.2) is 0 Å². The van der Waals surface area contributed by atoms with E-state index in [0.29, 0.717) is 0 Å². The lowest BCUT2D eigenvalue weighted by Gasteiger charge is -2.33. The number of carbonyl (C=O) groups excluding carboxylic acids is 2. The van der Waals surface area contributed by atoms with Gasteiger partial charge in [-0.3, -0.25) is 5.32 Å². The van der Waals surface area contributed by atoms with Crippen LogP contribution in [0.4, 0.5) is 23.7 Å². The molecule has 1 aromatic rings. The third kappa shape index (κ3) is 4.60. The lowest BCUT2D eigenvalue weighted by molar-refractivity contribution is -0.282.